The number of rotatable bonds is 4. The third-order valence-corrected chi connectivity index (χ3v) is 2.55. The molecule has 0 amide bonds. The standard InChI is InChI=1S/C10H13BrN2O2/c1-6-7(2)13-9(8(3)12-6)5-15-10(11)4-14/h4,10H,5H2,1-3H3. The number of halogens is 1. The first-order chi connectivity index (χ1) is 7.04. The van der Waals surface area contributed by atoms with Gasteiger partial charge in [0.2, 0.25) is 0 Å². The molecule has 4 nitrogen and oxygen atoms in total. The van der Waals surface area contributed by atoms with E-state index in [2.05, 4.69) is 25.9 Å². The molecule has 82 valence electrons. The highest BCUT2D eigenvalue weighted by atomic mass is 79.9. The summed E-state index contributed by atoms with van der Waals surface area (Å²) in [6, 6.07) is 0. The molecule has 15 heavy (non-hydrogen) atoms. The Kier molecular flexibility index (Phi) is 4.35. The van der Waals surface area contributed by atoms with E-state index in [4.69, 9.17) is 4.74 Å². The fourth-order valence-corrected chi connectivity index (χ4v) is 1.23. The van der Waals surface area contributed by atoms with Crippen molar-refractivity contribution in [2.45, 2.75) is 32.4 Å². The second-order valence-electron chi connectivity index (χ2n) is 3.22. The van der Waals surface area contributed by atoms with E-state index in [0.717, 1.165) is 22.8 Å². The van der Waals surface area contributed by atoms with Gasteiger partial charge in [-0.1, -0.05) is 0 Å². The Morgan fingerprint density at radius 3 is 2.47 bits per heavy atom. The Bertz CT molecular complexity index is 369. The van der Waals surface area contributed by atoms with E-state index in [9.17, 15) is 4.79 Å². The molecule has 0 spiro atoms. The molecule has 5 heteroatoms. The fourth-order valence-electron chi connectivity index (χ4n) is 1.10. The van der Waals surface area contributed by atoms with Crippen LogP contribution in [0.5, 0.6) is 0 Å². The molecule has 0 aromatic carbocycles. The third-order valence-electron chi connectivity index (χ3n) is 2.07. The van der Waals surface area contributed by atoms with Crippen molar-refractivity contribution in [2.75, 3.05) is 0 Å². The van der Waals surface area contributed by atoms with Gasteiger partial charge in [0, 0.05) is 0 Å². The molecule has 1 aromatic heterocycles. The van der Waals surface area contributed by atoms with Crippen molar-refractivity contribution >= 4 is 22.2 Å². The Hall–Kier alpha value is -0.810. The summed E-state index contributed by atoms with van der Waals surface area (Å²) in [6.07, 6.45) is 0.684. The van der Waals surface area contributed by atoms with Crippen LogP contribution in [0.2, 0.25) is 0 Å². The topological polar surface area (TPSA) is 52.1 Å². The maximum absolute atomic E-state index is 10.3. The zero-order valence-corrected chi connectivity index (χ0v) is 10.5. The number of aldehydes is 1. The molecule has 0 aliphatic carbocycles. The van der Waals surface area contributed by atoms with Crippen LogP contribution in [0.25, 0.3) is 0 Å². The fraction of sp³-hybridized carbons (Fsp3) is 0.500. The van der Waals surface area contributed by atoms with Crippen molar-refractivity contribution < 1.29 is 9.53 Å². The van der Waals surface area contributed by atoms with Crippen LogP contribution in [-0.2, 0) is 16.1 Å². The number of aryl methyl sites for hydroxylation is 3. The Morgan fingerprint density at radius 1 is 1.27 bits per heavy atom. The van der Waals surface area contributed by atoms with E-state index in [-0.39, 0.29) is 6.61 Å². The van der Waals surface area contributed by atoms with Gasteiger partial charge < -0.3 is 4.74 Å². The van der Waals surface area contributed by atoms with Crippen molar-refractivity contribution in [1.82, 2.24) is 9.97 Å². The predicted molar refractivity (Wildman–Crippen MR) is 59.8 cm³/mol. The SMILES string of the molecule is Cc1nc(C)c(COC(Br)C=O)nc1C. The molecule has 0 fully saturated rings. The van der Waals surface area contributed by atoms with Gasteiger partial charge in [-0.3, -0.25) is 14.8 Å². The lowest BCUT2D eigenvalue weighted by Crippen LogP contribution is -2.09. The van der Waals surface area contributed by atoms with Crippen molar-refractivity contribution in [2.24, 2.45) is 0 Å². The van der Waals surface area contributed by atoms with Crippen molar-refractivity contribution in [3.8, 4) is 0 Å². The van der Waals surface area contributed by atoms with Crippen molar-refractivity contribution in [3.05, 3.63) is 22.8 Å². The number of hydrogen-bond donors (Lipinski definition) is 0. The molecular formula is C10H13BrN2O2. The van der Waals surface area contributed by atoms with Crippen LogP contribution >= 0.6 is 15.9 Å². The van der Waals surface area contributed by atoms with Gasteiger partial charge in [0.1, 0.15) is 0 Å². The molecular weight excluding hydrogens is 260 g/mol. The Balaban J connectivity index is 2.77. The summed E-state index contributed by atoms with van der Waals surface area (Å²) in [6.45, 7) is 5.98. The molecule has 1 unspecified atom stereocenters. The highest BCUT2D eigenvalue weighted by Gasteiger charge is 2.08. The summed E-state index contributed by atoms with van der Waals surface area (Å²) in [5, 5.41) is -0.583. The zero-order chi connectivity index (χ0) is 11.4. The Morgan fingerprint density at radius 2 is 1.87 bits per heavy atom. The average molecular weight is 273 g/mol. The van der Waals surface area contributed by atoms with Crippen LogP contribution in [0, 0.1) is 20.8 Å². The lowest BCUT2D eigenvalue weighted by molar-refractivity contribution is -0.113. The summed E-state index contributed by atoms with van der Waals surface area (Å²) in [7, 11) is 0. The molecule has 0 saturated carbocycles. The number of ether oxygens (including phenoxy) is 1. The van der Waals surface area contributed by atoms with Gasteiger partial charge in [0.05, 0.1) is 29.4 Å². The molecule has 1 atom stereocenters. The van der Waals surface area contributed by atoms with E-state index in [0.29, 0.717) is 6.29 Å². The maximum atomic E-state index is 10.3. The normalized spacial score (nSPS) is 12.5. The van der Waals surface area contributed by atoms with E-state index in [1.807, 2.05) is 20.8 Å². The molecule has 0 aliphatic heterocycles. The van der Waals surface area contributed by atoms with Crippen LogP contribution < -0.4 is 0 Å². The van der Waals surface area contributed by atoms with E-state index >= 15 is 0 Å². The van der Waals surface area contributed by atoms with Gasteiger partial charge in [-0.2, -0.15) is 0 Å². The predicted octanol–water partition coefficient (Wildman–Crippen LogP) is 1.84. The van der Waals surface area contributed by atoms with Gasteiger partial charge in [-0.05, 0) is 36.7 Å². The molecule has 1 aromatic rings. The smallest absolute Gasteiger partial charge is 0.167 e. The highest BCUT2D eigenvalue weighted by Crippen LogP contribution is 2.10. The minimum atomic E-state index is -0.583. The first kappa shape index (κ1) is 12.3. The Labute approximate surface area is 97.2 Å². The highest BCUT2D eigenvalue weighted by molar-refractivity contribution is 9.09. The monoisotopic (exact) mass is 272 g/mol. The van der Waals surface area contributed by atoms with Gasteiger partial charge in [-0.15, -0.1) is 0 Å². The summed E-state index contributed by atoms with van der Waals surface area (Å²) in [4.78, 5) is 19.0. The lowest BCUT2D eigenvalue weighted by atomic mass is 10.3. The largest absolute Gasteiger partial charge is 0.353 e. The average Bonchev–Trinajstić information content (AvgIpc) is 2.21. The van der Waals surface area contributed by atoms with Gasteiger partial charge in [-0.25, -0.2) is 0 Å². The number of carbonyl (C=O) groups excluding carboxylic acids is 1. The molecule has 0 radical (unpaired) electrons. The number of aromatic nitrogens is 2. The van der Waals surface area contributed by atoms with E-state index < -0.39 is 5.01 Å². The van der Waals surface area contributed by atoms with E-state index in [1.54, 1.807) is 0 Å². The van der Waals surface area contributed by atoms with Crippen LogP contribution in [0.3, 0.4) is 0 Å². The number of carbonyl (C=O) groups is 1. The molecule has 0 N–H and O–H groups in total. The van der Waals surface area contributed by atoms with E-state index in [1.165, 1.54) is 0 Å². The molecule has 0 bridgehead atoms. The second kappa shape index (κ2) is 5.32. The second-order valence-corrected chi connectivity index (χ2v) is 4.13. The van der Waals surface area contributed by atoms with Crippen molar-refractivity contribution in [1.29, 1.82) is 0 Å². The minimum Gasteiger partial charge on any atom is -0.353 e. The zero-order valence-electron chi connectivity index (χ0n) is 8.95. The molecule has 1 rings (SSSR count). The first-order valence-electron chi connectivity index (χ1n) is 4.56. The number of alkyl halides is 1. The molecule has 0 saturated heterocycles. The minimum absolute atomic E-state index is 0.286. The van der Waals surface area contributed by atoms with Gasteiger partial charge in [0.15, 0.2) is 11.3 Å². The summed E-state index contributed by atoms with van der Waals surface area (Å²) >= 11 is 3.05. The van der Waals surface area contributed by atoms with Gasteiger partial charge >= 0.3 is 0 Å². The van der Waals surface area contributed by atoms with Crippen LogP contribution in [0.4, 0.5) is 0 Å². The molecule has 0 aliphatic rings. The van der Waals surface area contributed by atoms with Crippen LogP contribution in [-0.4, -0.2) is 21.3 Å². The maximum Gasteiger partial charge on any atom is 0.167 e. The van der Waals surface area contributed by atoms with Crippen LogP contribution in [0.15, 0.2) is 0 Å². The third kappa shape index (κ3) is 3.35. The number of nitrogens with zero attached hydrogens (tertiary/aromatic N) is 2. The van der Waals surface area contributed by atoms with Crippen molar-refractivity contribution in [3.63, 3.8) is 0 Å². The lowest BCUT2D eigenvalue weighted by Gasteiger charge is -2.09. The summed E-state index contributed by atoms with van der Waals surface area (Å²) < 4.78 is 5.20. The number of hydrogen-bond acceptors (Lipinski definition) is 4. The first-order valence-corrected chi connectivity index (χ1v) is 5.48. The molecule has 1 heterocycles. The van der Waals surface area contributed by atoms with Gasteiger partial charge in [0.25, 0.3) is 0 Å². The summed E-state index contributed by atoms with van der Waals surface area (Å²) in [5.41, 5.74) is 3.41. The quantitative estimate of drug-likeness (QED) is 0.620. The summed E-state index contributed by atoms with van der Waals surface area (Å²) in [5.74, 6) is 0. The van der Waals surface area contributed by atoms with Crippen LogP contribution in [0.1, 0.15) is 22.8 Å².